The number of carbonyl (C=O) groups is 1. The standard InChI is InChI=1S/C19H16N2O2/c22-19(21-17-9-11-20-12-10-17)16-7-4-8-18(13-16)23-14-15-5-2-1-3-6-15/h1-13H,14H2,(H,20,21,22). The zero-order valence-corrected chi connectivity index (χ0v) is 12.5. The van der Waals surface area contributed by atoms with Crippen LogP contribution in [-0.2, 0) is 6.61 Å². The summed E-state index contributed by atoms with van der Waals surface area (Å²) in [4.78, 5) is 16.2. The molecule has 3 aromatic rings. The van der Waals surface area contributed by atoms with Crippen molar-refractivity contribution in [3.8, 4) is 5.75 Å². The van der Waals surface area contributed by atoms with Gasteiger partial charge in [0.05, 0.1) is 0 Å². The maximum absolute atomic E-state index is 12.3. The smallest absolute Gasteiger partial charge is 0.255 e. The molecule has 0 aliphatic carbocycles. The van der Waals surface area contributed by atoms with Gasteiger partial charge in [-0.25, -0.2) is 0 Å². The normalized spacial score (nSPS) is 10.1. The highest BCUT2D eigenvalue weighted by atomic mass is 16.5. The van der Waals surface area contributed by atoms with Gasteiger partial charge in [0.25, 0.3) is 5.91 Å². The lowest BCUT2D eigenvalue weighted by Gasteiger charge is -2.09. The molecule has 0 bridgehead atoms. The summed E-state index contributed by atoms with van der Waals surface area (Å²) >= 11 is 0. The first-order valence-electron chi connectivity index (χ1n) is 7.29. The molecule has 114 valence electrons. The molecule has 1 heterocycles. The molecule has 3 rings (SSSR count). The van der Waals surface area contributed by atoms with Gasteiger partial charge < -0.3 is 10.1 Å². The lowest BCUT2D eigenvalue weighted by molar-refractivity contribution is 0.102. The molecule has 0 aliphatic heterocycles. The van der Waals surface area contributed by atoms with Crippen LogP contribution < -0.4 is 10.1 Å². The third-order valence-corrected chi connectivity index (χ3v) is 3.28. The summed E-state index contributed by atoms with van der Waals surface area (Å²) in [5, 5.41) is 2.82. The average molecular weight is 304 g/mol. The van der Waals surface area contributed by atoms with E-state index in [2.05, 4.69) is 10.3 Å². The third kappa shape index (κ3) is 4.17. The highest BCUT2D eigenvalue weighted by molar-refractivity contribution is 6.04. The Bertz CT molecular complexity index is 774. The van der Waals surface area contributed by atoms with E-state index in [0.717, 1.165) is 5.56 Å². The molecule has 4 heteroatoms. The molecule has 0 saturated heterocycles. The number of pyridine rings is 1. The van der Waals surface area contributed by atoms with Crippen LogP contribution in [0.25, 0.3) is 0 Å². The molecule has 0 saturated carbocycles. The van der Waals surface area contributed by atoms with Gasteiger partial charge in [-0.15, -0.1) is 0 Å². The molecule has 1 amide bonds. The van der Waals surface area contributed by atoms with Crippen LogP contribution in [0.15, 0.2) is 79.1 Å². The van der Waals surface area contributed by atoms with E-state index in [1.165, 1.54) is 0 Å². The van der Waals surface area contributed by atoms with Gasteiger partial charge in [-0.1, -0.05) is 36.4 Å². The fourth-order valence-electron chi connectivity index (χ4n) is 2.11. The largest absolute Gasteiger partial charge is 0.489 e. The number of carbonyl (C=O) groups excluding carboxylic acids is 1. The summed E-state index contributed by atoms with van der Waals surface area (Å²) < 4.78 is 5.74. The van der Waals surface area contributed by atoms with Crippen molar-refractivity contribution in [1.82, 2.24) is 4.98 Å². The second-order valence-electron chi connectivity index (χ2n) is 4.99. The minimum absolute atomic E-state index is 0.179. The summed E-state index contributed by atoms with van der Waals surface area (Å²) in [6, 6.07) is 20.5. The highest BCUT2D eigenvalue weighted by Crippen LogP contribution is 2.16. The maximum atomic E-state index is 12.3. The van der Waals surface area contributed by atoms with Crippen LogP contribution in [0, 0.1) is 0 Å². The molecular weight excluding hydrogens is 288 g/mol. The van der Waals surface area contributed by atoms with Crippen LogP contribution in [0.1, 0.15) is 15.9 Å². The molecule has 1 N–H and O–H groups in total. The zero-order chi connectivity index (χ0) is 15.9. The van der Waals surface area contributed by atoms with E-state index in [1.807, 2.05) is 42.5 Å². The predicted molar refractivity (Wildman–Crippen MR) is 89.4 cm³/mol. The number of ether oxygens (including phenoxy) is 1. The molecular formula is C19H16N2O2. The van der Waals surface area contributed by atoms with Crippen molar-refractivity contribution in [1.29, 1.82) is 0 Å². The number of aromatic nitrogens is 1. The number of nitrogens with one attached hydrogen (secondary N) is 1. The van der Waals surface area contributed by atoms with E-state index in [0.29, 0.717) is 23.6 Å². The lowest BCUT2D eigenvalue weighted by atomic mass is 10.2. The Balaban J connectivity index is 1.66. The van der Waals surface area contributed by atoms with Crippen molar-refractivity contribution in [2.45, 2.75) is 6.61 Å². The number of anilines is 1. The second kappa shape index (κ2) is 7.22. The second-order valence-corrected chi connectivity index (χ2v) is 4.99. The van der Waals surface area contributed by atoms with Gasteiger partial charge in [-0.3, -0.25) is 9.78 Å². The molecule has 0 unspecified atom stereocenters. The van der Waals surface area contributed by atoms with Crippen molar-refractivity contribution >= 4 is 11.6 Å². The lowest BCUT2D eigenvalue weighted by Crippen LogP contribution is -2.11. The van der Waals surface area contributed by atoms with E-state index >= 15 is 0 Å². The summed E-state index contributed by atoms with van der Waals surface area (Å²) in [5.74, 6) is 0.484. The van der Waals surface area contributed by atoms with Crippen LogP contribution in [0.4, 0.5) is 5.69 Å². The maximum Gasteiger partial charge on any atom is 0.255 e. The first-order chi connectivity index (χ1) is 11.3. The van der Waals surface area contributed by atoms with Crippen LogP contribution in [-0.4, -0.2) is 10.9 Å². The molecule has 1 aromatic heterocycles. The quantitative estimate of drug-likeness (QED) is 0.777. The van der Waals surface area contributed by atoms with E-state index < -0.39 is 0 Å². The van der Waals surface area contributed by atoms with Gasteiger partial charge in [0.2, 0.25) is 0 Å². The van der Waals surface area contributed by atoms with E-state index in [4.69, 9.17) is 4.74 Å². The predicted octanol–water partition coefficient (Wildman–Crippen LogP) is 3.91. The molecule has 0 atom stereocenters. The Hall–Kier alpha value is -3.14. The van der Waals surface area contributed by atoms with Crippen LogP contribution in [0.3, 0.4) is 0 Å². The molecule has 0 radical (unpaired) electrons. The zero-order valence-electron chi connectivity index (χ0n) is 12.5. The average Bonchev–Trinajstić information content (AvgIpc) is 2.62. The number of nitrogens with zero attached hydrogens (tertiary/aromatic N) is 1. The minimum atomic E-state index is -0.179. The molecule has 23 heavy (non-hydrogen) atoms. The number of hydrogen-bond donors (Lipinski definition) is 1. The van der Waals surface area contributed by atoms with E-state index in [-0.39, 0.29) is 5.91 Å². The van der Waals surface area contributed by atoms with Gasteiger partial charge in [0.15, 0.2) is 0 Å². The van der Waals surface area contributed by atoms with Gasteiger partial charge >= 0.3 is 0 Å². The fraction of sp³-hybridized carbons (Fsp3) is 0.0526. The van der Waals surface area contributed by atoms with Crippen molar-refractivity contribution in [3.05, 3.63) is 90.3 Å². The van der Waals surface area contributed by atoms with Crippen molar-refractivity contribution in [2.75, 3.05) is 5.32 Å². The number of hydrogen-bond acceptors (Lipinski definition) is 3. The Morgan fingerprint density at radius 2 is 1.74 bits per heavy atom. The molecule has 0 aliphatic rings. The van der Waals surface area contributed by atoms with Crippen molar-refractivity contribution in [3.63, 3.8) is 0 Å². The summed E-state index contributed by atoms with van der Waals surface area (Å²) in [6.07, 6.45) is 3.27. The Kier molecular flexibility index (Phi) is 4.64. The Morgan fingerprint density at radius 3 is 2.52 bits per heavy atom. The third-order valence-electron chi connectivity index (χ3n) is 3.28. The highest BCUT2D eigenvalue weighted by Gasteiger charge is 2.07. The fourth-order valence-corrected chi connectivity index (χ4v) is 2.11. The monoisotopic (exact) mass is 304 g/mol. The van der Waals surface area contributed by atoms with Crippen molar-refractivity contribution < 1.29 is 9.53 Å². The van der Waals surface area contributed by atoms with Crippen LogP contribution in [0.5, 0.6) is 5.75 Å². The van der Waals surface area contributed by atoms with Crippen LogP contribution >= 0.6 is 0 Å². The van der Waals surface area contributed by atoms with Gasteiger partial charge in [-0.2, -0.15) is 0 Å². The minimum Gasteiger partial charge on any atom is -0.489 e. The first kappa shape index (κ1) is 14.8. The first-order valence-corrected chi connectivity index (χ1v) is 7.29. The number of benzene rings is 2. The Labute approximate surface area is 134 Å². The van der Waals surface area contributed by atoms with Crippen LogP contribution in [0.2, 0.25) is 0 Å². The van der Waals surface area contributed by atoms with Crippen molar-refractivity contribution in [2.24, 2.45) is 0 Å². The topological polar surface area (TPSA) is 51.2 Å². The van der Waals surface area contributed by atoms with Gasteiger partial charge in [-0.05, 0) is 35.9 Å². The SMILES string of the molecule is O=C(Nc1ccncc1)c1cccc(OCc2ccccc2)c1. The van der Waals surface area contributed by atoms with E-state index in [9.17, 15) is 4.79 Å². The molecule has 0 spiro atoms. The molecule has 4 nitrogen and oxygen atoms in total. The summed E-state index contributed by atoms with van der Waals surface area (Å²) in [5.41, 5.74) is 2.34. The van der Waals surface area contributed by atoms with E-state index in [1.54, 1.807) is 36.7 Å². The number of amides is 1. The Morgan fingerprint density at radius 1 is 0.957 bits per heavy atom. The summed E-state index contributed by atoms with van der Waals surface area (Å²) in [7, 11) is 0. The van der Waals surface area contributed by atoms with Gasteiger partial charge in [0.1, 0.15) is 12.4 Å². The molecule has 0 fully saturated rings. The van der Waals surface area contributed by atoms with Gasteiger partial charge in [0, 0.05) is 23.6 Å². The molecule has 2 aromatic carbocycles. The summed E-state index contributed by atoms with van der Waals surface area (Å²) in [6.45, 7) is 0.469. The number of rotatable bonds is 5.